The number of allylic oxidation sites excluding steroid dienone is 1. The van der Waals surface area contributed by atoms with E-state index in [1.807, 2.05) is 42.7 Å². The Kier molecular flexibility index (Phi) is 10.8. The smallest absolute Gasteiger partial charge is 0.326 e. The summed E-state index contributed by atoms with van der Waals surface area (Å²) in [6.45, 7) is 10.1. The molecule has 4 heterocycles. The van der Waals surface area contributed by atoms with Crippen LogP contribution in [0, 0.1) is 12.8 Å². The Bertz CT molecular complexity index is 1650. The van der Waals surface area contributed by atoms with Gasteiger partial charge in [-0.1, -0.05) is 32.9 Å². The first-order chi connectivity index (χ1) is 22.5. The van der Waals surface area contributed by atoms with Gasteiger partial charge in [0.1, 0.15) is 46.5 Å². The summed E-state index contributed by atoms with van der Waals surface area (Å²) in [4.78, 5) is 50.9. The largest absolute Gasteiger partial charge is 0.496 e. The van der Waals surface area contributed by atoms with Crippen LogP contribution in [0.1, 0.15) is 70.6 Å². The fourth-order valence-corrected chi connectivity index (χ4v) is 6.99. The van der Waals surface area contributed by atoms with E-state index < -0.39 is 42.1 Å². The van der Waals surface area contributed by atoms with Gasteiger partial charge in [0, 0.05) is 41.3 Å². The van der Waals surface area contributed by atoms with Crippen molar-refractivity contribution in [2.24, 2.45) is 5.92 Å². The molecular weight excluding hydrogens is 620 g/mol. The van der Waals surface area contributed by atoms with E-state index in [0.29, 0.717) is 29.3 Å². The monoisotopic (exact) mass is 664 g/mol. The number of fused-ring (bicyclic) bond motifs is 2. The van der Waals surface area contributed by atoms with E-state index in [2.05, 4.69) is 19.2 Å². The summed E-state index contributed by atoms with van der Waals surface area (Å²) in [7, 11) is 1.61. The van der Waals surface area contributed by atoms with Crippen LogP contribution in [0.5, 0.6) is 11.5 Å². The number of hydrogen-bond acceptors (Lipinski definition) is 9. The van der Waals surface area contributed by atoms with Gasteiger partial charge in [0.2, 0.25) is 5.91 Å². The highest BCUT2D eigenvalue weighted by Crippen LogP contribution is 2.38. The minimum atomic E-state index is -1.15. The van der Waals surface area contributed by atoms with Crippen LogP contribution >= 0.6 is 11.3 Å². The zero-order valence-electron chi connectivity index (χ0n) is 27.8. The number of carboxylic acids is 1. The third-order valence-electron chi connectivity index (χ3n) is 8.85. The van der Waals surface area contributed by atoms with Gasteiger partial charge in [0.25, 0.3) is 5.91 Å². The van der Waals surface area contributed by atoms with Crippen molar-refractivity contribution in [3.63, 3.8) is 0 Å². The lowest BCUT2D eigenvalue weighted by atomic mass is 10.00. The number of nitrogens with zero attached hydrogens (tertiary/aromatic N) is 3. The van der Waals surface area contributed by atoms with E-state index in [9.17, 15) is 19.5 Å². The van der Waals surface area contributed by atoms with Crippen LogP contribution in [0.3, 0.4) is 0 Å². The Morgan fingerprint density at radius 3 is 2.66 bits per heavy atom. The average molecular weight is 665 g/mol. The molecule has 47 heavy (non-hydrogen) atoms. The Morgan fingerprint density at radius 1 is 1.17 bits per heavy atom. The lowest BCUT2D eigenvalue weighted by molar-refractivity contribution is -0.148. The standard InChI is InChI=1S/C35H44N4O7S/c1-19(2)26-18-47-33(37-26)25-16-29(24-12-13-28(44-6)21(4)31(24)36-25)46-23-15-27-32(40)38-30(35(42)43)20(3)11-9-7-8-10-14-45-22(5)34(41)39(27)17-23/h9,11-13,16,18-20,22-23,27,30H,7-8,10,14-15,17H2,1-6H3,(H,38,40)(H,42,43). The zero-order chi connectivity index (χ0) is 33.8. The van der Waals surface area contributed by atoms with Crippen molar-refractivity contribution in [3.8, 4) is 22.2 Å². The van der Waals surface area contributed by atoms with Crippen molar-refractivity contribution in [2.45, 2.75) is 90.5 Å². The van der Waals surface area contributed by atoms with Crippen molar-refractivity contribution in [1.82, 2.24) is 20.2 Å². The molecule has 0 saturated carbocycles. The number of aromatic nitrogens is 2. The van der Waals surface area contributed by atoms with Crippen molar-refractivity contribution in [1.29, 1.82) is 0 Å². The number of thiazole rings is 1. The maximum atomic E-state index is 13.7. The summed E-state index contributed by atoms with van der Waals surface area (Å²) in [5.41, 5.74) is 3.17. The summed E-state index contributed by atoms with van der Waals surface area (Å²) in [6.07, 6.45) is 4.93. The highest BCUT2D eigenvalue weighted by Gasteiger charge is 2.43. The number of carbonyl (C=O) groups is 3. The second kappa shape index (κ2) is 14.8. The van der Waals surface area contributed by atoms with Crippen molar-refractivity contribution in [3.05, 3.63) is 47.0 Å². The minimum absolute atomic E-state index is 0.126. The molecule has 5 unspecified atom stereocenters. The van der Waals surface area contributed by atoms with Crippen molar-refractivity contribution < 1.29 is 33.7 Å². The van der Waals surface area contributed by atoms with Gasteiger partial charge in [-0.3, -0.25) is 9.59 Å². The number of hydrogen-bond donors (Lipinski definition) is 2. The Balaban J connectivity index is 1.50. The molecule has 0 aliphatic carbocycles. The van der Waals surface area contributed by atoms with Gasteiger partial charge >= 0.3 is 5.97 Å². The number of nitrogens with one attached hydrogen (secondary N) is 1. The zero-order valence-corrected chi connectivity index (χ0v) is 28.6. The van der Waals surface area contributed by atoms with Gasteiger partial charge in [0.15, 0.2) is 0 Å². The predicted octanol–water partition coefficient (Wildman–Crippen LogP) is 5.50. The topological polar surface area (TPSA) is 140 Å². The van der Waals surface area contributed by atoms with Crippen molar-refractivity contribution >= 4 is 40.0 Å². The van der Waals surface area contributed by atoms with Gasteiger partial charge < -0.3 is 29.5 Å². The number of aliphatic carboxylic acids is 1. The molecule has 2 aromatic heterocycles. The van der Waals surface area contributed by atoms with E-state index in [1.54, 1.807) is 21.0 Å². The number of aryl methyl sites for hydroxylation is 1. The van der Waals surface area contributed by atoms with Gasteiger partial charge in [-0.15, -0.1) is 11.3 Å². The fourth-order valence-electron chi connectivity index (χ4n) is 6.05. The number of ether oxygens (including phenoxy) is 3. The molecule has 5 atom stereocenters. The maximum Gasteiger partial charge on any atom is 0.326 e. The van der Waals surface area contributed by atoms with Crippen LogP contribution in [0.4, 0.5) is 0 Å². The summed E-state index contributed by atoms with van der Waals surface area (Å²) in [5.74, 6) is -0.961. The molecule has 2 aliphatic rings. The third kappa shape index (κ3) is 7.59. The summed E-state index contributed by atoms with van der Waals surface area (Å²) in [5, 5.41) is 16.2. The number of amides is 2. The first-order valence-corrected chi connectivity index (χ1v) is 17.1. The summed E-state index contributed by atoms with van der Waals surface area (Å²) >= 11 is 1.51. The normalized spacial score (nSPS) is 24.5. The maximum absolute atomic E-state index is 13.7. The number of carbonyl (C=O) groups excluding carboxylic acids is 2. The molecule has 3 aromatic rings. The Labute approximate surface area is 279 Å². The van der Waals surface area contributed by atoms with E-state index in [4.69, 9.17) is 24.2 Å². The van der Waals surface area contributed by atoms with Gasteiger partial charge in [0.05, 0.1) is 24.9 Å². The van der Waals surface area contributed by atoms with Gasteiger partial charge in [-0.05, 0) is 51.2 Å². The predicted molar refractivity (Wildman–Crippen MR) is 180 cm³/mol. The first kappa shape index (κ1) is 34.3. The van der Waals surface area contributed by atoms with Crippen LogP contribution in [0.25, 0.3) is 21.6 Å². The molecule has 0 radical (unpaired) electrons. The van der Waals surface area contributed by atoms with Crippen LogP contribution in [-0.2, 0) is 19.1 Å². The molecule has 252 valence electrons. The third-order valence-corrected chi connectivity index (χ3v) is 9.73. The number of pyridine rings is 1. The van der Waals surface area contributed by atoms with E-state index in [1.165, 1.54) is 16.2 Å². The number of rotatable bonds is 6. The SMILES string of the molecule is COc1ccc2c(OC3CC4C(=O)NC(C(=O)O)C(C)C=CCCCCOC(C)C(=O)N4C3)cc(-c3nc(C(C)C)cs3)nc2c1C. The van der Waals surface area contributed by atoms with Crippen LogP contribution in [-0.4, -0.2) is 82.3 Å². The molecule has 0 spiro atoms. The average Bonchev–Trinajstić information content (AvgIpc) is 3.71. The minimum Gasteiger partial charge on any atom is -0.496 e. The van der Waals surface area contributed by atoms with Crippen LogP contribution in [0.15, 0.2) is 35.7 Å². The number of benzene rings is 1. The highest BCUT2D eigenvalue weighted by atomic mass is 32.1. The molecule has 2 amide bonds. The lowest BCUT2D eigenvalue weighted by Crippen LogP contribution is -2.53. The second-order valence-electron chi connectivity index (χ2n) is 12.6. The van der Waals surface area contributed by atoms with Crippen molar-refractivity contribution in [2.75, 3.05) is 20.3 Å². The molecule has 2 aliphatic heterocycles. The second-order valence-corrected chi connectivity index (χ2v) is 13.5. The Morgan fingerprint density at radius 2 is 1.96 bits per heavy atom. The van der Waals surface area contributed by atoms with Gasteiger partial charge in [-0.25, -0.2) is 14.8 Å². The van der Waals surface area contributed by atoms with E-state index >= 15 is 0 Å². The molecule has 0 bridgehead atoms. The number of carboxylic acid groups (broad SMARTS) is 1. The highest BCUT2D eigenvalue weighted by molar-refractivity contribution is 7.13. The summed E-state index contributed by atoms with van der Waals surface area (Å²) < 4.78 is 18.1. The molecule has 1 fully saturated rings. The summed E-state index contributed by atoms with van der Waals surface area (Å²) in [6, 6.07) is 3.53. The van der Waals surface area contributed by atoms with Crippen LogP contribution < -0.4 is 14.8 Å². The quantitative estimate of drug-likeness (QED) is 0.327. The first-order valence-electron chi connectivity index (χ1n) is 16.2. The van der Waals surface area contributed by atoms with Gasteiger partial charge in [-0.2, -0.15) is 0 Å². The number of methoxy groups -OCH3 is 1. The molecule has 1 saturated heterocycles. The molecule has 11 nitrogen and oxygen atoms in total. The molecule has 12 heteroatoms. The van der Waals surface area contributed by atoms with E-state index in [0.717, 1.165) is 40.9 Å². The molecule has 2 N–H and O–H groups in total. The molecule has 5 rings (SSSR count). The lowest BCUT2D eigenvalue weighted by Gasteiger charge is -2.28. The Hall–Kier alpha value is -4.03. The van der Waals surface area contributed by atoms with Crippen LogP contribution in [0.2, 0.25) is 0 Å². The fraction of sp³-hybridized carbons (Fsp3) is 0.514. The molecule has 1 aromatic carbocycles. The molecular formula is C35H44N4O7S. The van der Waals surface area contributed by atoms with E-state index in [-0.39, 0.29) is 24.8 Å².